The van der Waals surface area contributed by atoms with Gasteiger partial charge in [0.25, 0.3) is 6.10 Å². The molecule has 168 valence electrons. The summed E-state index contributed by atoms with van der Waals surface area (Å²) in [5, 5.41) is 0. The largest absolute Gasteiger partial charge is 0.459 e. The Bertz CT molecular complexity index is 589. The molecule has 0 aromatic heterocycles. The second-order valence-corrected chi connectivity index (χ2v) is 7.92. The molecule has 1 aliphatic carbocycles. The number of halogens is 6. The van der Waals surface area contributed by atoms with Crippen molar-refractivity contribution < 1.29 is 50.1 Å². The van der Waals surface area contributed by atoms with Gasteiger partial charge in [-0.05, 0) is 25.2 Å². The van der Waals surface area contributed by atoms with Crippen LogP contribution in [0.25, 0.3) is 0 Å². The van der Waals surface area contributed by atoms with Gasteiger partial charge in [0.1, 0.15) is 6.10 Å². The average Bonchev–Trinajstić information content (AvgIpc) is 2.76. The highest BCUT2D eigenvalue weighted by Gasteiger charge is 2.62. The summed E-state index contributed by atoms with van der Waals surface area (Å²) in [7, 11) is 0. The van der Waals surface area contributed by atoms with E-state index in [1.54, 1.807) is 0 Å². The Balaban J connectivity index is 2.17. The van der Waals surface area contributed by atoms with Crippen molar-refractivity contribution in [2.45, 2.75) is 83.2 Å². The normalized spacial score (nSPS) is 28.6. The van der Waals surface area contributed by atoms with E-state index < -0.39 is 54.4 Å². The molecule has 0 spiro atoms. The minimum Gasteiger partial charge on any atom is -0.459 e. The standard InChI is InChI=1S/C18H24F6O5/c1-4-10(5-8(2)3)27-13-9-6-11(14(13)28-12(25)7-9)15(26)29-16(17(19,20)21)18(22,23)24/h8-11,13-14,16H,4-7H2,1-3H3. The van der Waals surface area contributed by atoms with Crippen LogP contribution >= 0.6 is 0 Å². The number of rotatable bonds is 7. The molecule has 0 amide bonds. The van der Waals surface area contributed by atoms with Gasteiger partial charge >= 0.3 is 24.3 Å². The van der Waals surface area contributed by atoms with Gasteiger partial charge in [0.05, 0.1) is 24.5 Å². The molecule has 5 unspecified atom stereocenters. The molecule has 5 atom stereocenters. The molecule has 2 rings (SSSR count). The van der Waals surface area contributed by atoms with E-state index in [-0.39, 0.29) is 24.9 Å². The maximum absolute atomic E-state index is 12.7. The van der Waals surface area contributed by atoms with Crippen LogP contribution in [0.5, 0.6) is 0 Å². The van der Waals surface area contributed by atoms with E-state index in [4.69, 9.17) is 9.47 Å². The molecule has 11 heteroatoms. The van der Waals surface area contributed by atoms with Crippen LogP contribution in [0.4, 0.5) is 26.3 Å². The fourth-order valence-electron chi connectivity index (χ4n) is 3.86. The molecule has 0 aromatic rings. The number of hydrogen-bond acceptors (Lipinski definition) is 5. The second-order valence-electron chi connectivity index (χ2n) is 7.92. The van der Waals surface area contributed by atoms with Gasteiger partial charge in [0.2, 0.25) is 0 Å². The van der Waals surface area contributed by atoms with Gasteiger partial charge in [-0.25, -0.2) is 0 Å². The Morgan fingerprint density at radius 2 is 1.76 bits per heavy atom. The lowest BCUT2D eigenvalue weighted by Crippen LogP contribution is -2.48. The SMILES string of the molecule is CCC(CC(C)C)OC1C2CC(=O)OC1C(C(=O)OC(C(F)(F)F)C(F)(F)F)C2. The summed E-state index contributed by atoms with van der Waals surface area (Å²) in [6, 6.07) is 0. The van der Waals surface area contributed by atoms with E-state index in [2.05, 4.69) is 4.74 Å². The minimum absolute atomic E-state index is 0.120. The number of fused-ring (bicyclic) bond motifs is 2. The summed E-state index contributed by atoms with van der Waals surface area (Å²) in [4.78, 5) is 23.9. The van der Waals surface area contributed by atoms with Gasteiger partial charge in [-0.3, -0.25) is 9.59 Å². The Hall–Kier alpha value is -1.52. The van der Waals surface area contributed by atoms with E-state index in [0.717, 1.165) is 0 Å². The number of carbonyl (C=O) groups excluding carboxylic acids is 2. The Morgan fingerprint density at radius 3 is 2.24 bits per heavy atom. The average molecular weight is 434 g/mol. The Kier molecular flexibility index (Phi) is 7.12. The molecule has 2 aliphatic rings. The molecule has 0 N–H and O–H groups in total. The van der Waals surface area contributed by atoms with Crippen molar-refractivity contribution in [2.24, 2.45) is 17.8 Å². The maximum Gasteiger partial charge on any atom is 0.434 e. The molecule has 1 saturated heterocycles. The first-order valence-corrected chi connectivity index (χ1v) is 9.42. The predicted octanol–water partition coefficient (Wildman–Crippen LogP) is 4.18. The van der Waals surface area contributed by atoms with Gasteiger partial charge in [-0.2, -0.15) is 26.3 Å². The first kappa shape index (κ1) is 23.8. The molecule has 0 aromatic carbocycles. The van der Waals surface area contributed by atoms with Crippen molar-refractivity contribution >= 4 is 11.9 Å². The summed E-state index contributed by atoms with van der Waals surface area (Å²) >= 11 is 0. The summed E-state index contributed by atoms with van der Waals surface area (Å²) in [5.74, 6) is -4.06. The third-order valence-electron chi connectivity index (χ3n) is 5.11. The third kappa shape index (κ3) is 5.76. The van der Waals surface area contributed by atoms with E-state index in [1.165, 1.54) is 0 Å². The monoisotopic (exact) mass is 434 g/mol. The zero-order valence-corrected chi connectivity index (χ0v) is 16.2. The lowest BCUT2D eigenvalue weighted by atomic mass is 9.98. The molecule has 2 bridgehead atoms. The lowest BCUT2D eigenvalue weighted by Gasteiger charge is -2.34. The molecule has 29 heavy (non-hydrogen) atoms. The first-order chi connectivity index (χ1) is 13.2. The number of esters is 2. The van der Waals surface area contributed by atoms with Crippen molar-refractivity contribution in [3.63, 3.8) is 0 Å². The maximum atomic E-state index is 12.7. The molecule has 1 heterocycles. The quantitative estimate of drug-likeness (QED) is 0.444. The van der Waals surface area contributed by atoms with Crippen LogP contribution < -0.4 is 0 Å². The predicted molar refractivity (Wildman–Crippen MR) is 86.5 cm³/mol. The number of alkyl halides is 6. The van der Waals surface area contributed by atoms with Gasteiger partial charge in [-0.1, -0.05) is 20.8 Å². The van der Waals surface area contributed by atoms with Crippen molar-refractivity contribution in [1.82, 2.24) is 0 Å². The van der Waals surface area contributed by atoms with Crippen molar-refractivity contribution in [3.8, 4) is 0 Å². The molecule has 1 aliphatic heterocycles. The van der Waals surface area contributed by atoms with Crippen molar-refractivity contribution in [1.29, 1.82) is 0 Å². The van der Waals surface area contributed by atoms with Gasteiger partial charge in [0, 0.05) is 5.92 Å². The van der Waals surface area contributed by atoms with Crippen LogP contribution in [-0.2, 0) is 23.8 Å². The molecule has 2 fully saturated rings. The van der Waals surface area contributed by atoms with Gasteiger partial charge in [0.15, 0.2) is 0 Å². The van der Waals surface area contributed by atoms with E-state index in [1.807, 2.05) is 20.8 Å². The van der Waals surface area contributed by atoms with Crippen molar-refractivity contribution in [2.75, 3.05) is 0 Å². The summed E-state index contributed by atoms with van der Waals surface area (Å²) in [6.07, 6.45) is -17.1. The van der Waals surface area contributed by atoms with Crippen LogP contribution in [-0.4, -0.2) is 48.7 Å². The molecule has 0 radical (unpaired) electrons. The highest BCUT2D eigenvalue weighted by atomic mass is 19.4. The number of carbonyl (C=O) groups is 2. The second kappa shape index (κ2) is 8.69. The highest BCUT2D eigenvalue weighted by molar-refractivity contribution is 5.78. The van der Waals surface area contributed by atoms with E-state index >= 15 is 0 Å². The van der Waals surface area contributed by atoms with Crippen LogP contribution in [0.2, 0.25) is 0 Å². The first-order valence-electron chi connectivity index (χ1n) is 9.42. The fraction of sp³-hybridized carbons (Fsp3) is 0.889. The zero-order chi connectivity index (χ0) is 22.1. The molecule has 5 nitrogen and oxygen atoms in total. The van der Waals surface area contributed by atoms with Crippen LogP contribution in [0.1, 0.15) is 46.5 Å². The van der Waals surface area contributed by atoms with E-state index in [9.17, 15) is 35.9 Å². The number of hydrogen-bond donors (Lipinski definition) is 0. The smallest absolute Gasteiger partial charge is 0.434 e. The van der Waals surface area contributed by atoms with Gasteiger partial charge in [-0.15, -0.1) is 0 Å². The Labute approximate surface area is 164 Å². The molecular weight excluding hydrogens is 410 g/mol. The van der Waals surface area contributed by atoms with Crippen LogP contribution in [0, 0.1) is 17.8 Å². The number of ether oxygens (including phenoxy) is 3. The Morgan fingerprint density at radius 1 is 1.17 bits per heavy atom. The highest BCUT2D eigenvalue weighted by Crippen LogP contribution is 2.45. The van der Waals surface area contributed by atoms with Crippen molar-refractivity contribution in [3.05, 3.63) is 0 Å². The third-order valence-corrected chi connectivity index (χ3v) is 5.11. The molecule has 1 saturated carbocycles. The fourth-order valence-corrected chi connectivity index (χ4v) is 3.86. The summed E-state index contributed by atoms with van der Waals surface area (Å²) < 4.78 is 91.1. The topological polar surface area (TPSA) is 61.8 Å². The lowest BCUT2D eigenvalue weighted by molar-refractivity contribution is -0.315. The summed E-state index contributed by atoms with van der Waals surface area (Å²) in [5.41, 5.74) is 0. The van der Waals surface area contributed by atoms with Gasteiger partial charge < -0.3 is 14.2 Å². The molecular formula is C18H24F6O5. The van der Waals surface area contributed by atoms with E-state index in [0.29, 0.717) is 12.8 Å². The minimum atomic E-state index is -5.81. The van der Waals surface area contributed by atoms with Crippen LogP contribution in [0.3, 0.4) is 0 Å². The summed E-state index contributed by atoms with van der Waals surface area (Å²) in [6.45, 7) is 5.80. The van der Waals surface area contributed by atoms with Crippen LogP contribution in [0.15, 0.2) is 0 Å². The zero-order valence-electron chi connectivity index (χ0n) is 16.2.